The minimum absolute atomic E-state index is 0.0497. The van der Waals surface area contributed by atoms with Gasteiger partial charge in [0.2, 0.25) is 0 Å². The summed E-state index contributed by atoms with van der Waals surface area (Å²) in [5.41, 5.74) is -0.623. The van der Waals surface area contributed by atoms with E-state index in [1.807, 2.05) is 14.0 Å². The van der Waals surface area contributed by atoms with Gasteiger partial charge in [-0.3, -0.25) is 9.69 Å². The molecule has 0 unspecified atom stereocenters. The Morgan fingerprint density at radius 2 is 1.91 bits per heavy atom. The highest BCUT2D eigenvalue weighted by Crippen LogP contribution is 2.40. The first-order valence-electron chi connectivity index (χ1n) is 11.2. The van der Waals surface area contributed by atoms with Gasteiger partial charge in [-0.25, -0.2) is 9.78 Å². The fourth-order valence-corrected chi connectivity index (χ4v) is 5.49. The number of aromatic nitrogens is 1. The molecular formula is C22H28F3N5O3S. The number of likely N-dealkylation sites (tertiary alicyclic amines) is 1. The van der Waals surface area contributed by atoms with Gasteiger partial charge in [-0.05, 0) is 39.3 Å². The van der Waals surface area contributed by atoms with Crippen LogP contribution in [0.5, 0.6) is 0 Å². The van der Waals surface area contributed by atoms with Crippen molar-refractivity contribution in [2.75, 3.05) is 38.6 Å². The number of amides is 2. The smallest absolute Gasteiger partial charge is 0.417 e. The van der Waals surface area contributed by atoms with Gasteiger partial charge in [0.15, 0.2) is 0 Å². The van der Waals surface area contributed by atoms with Gasteiger partial charge in [0.05, 0.1) is 21.3 Å². The quantitative estimate of drug-likeness (QED) is 0.670. The number of fused-ring (bicyclic) bond motifs is 1. The monoisotopic (exact) mass is 499 g/mol. The van der Waals surface area contributed by atoms with Crippen molar-refractivity contribution in [2.24, 2.45) is 0 Å². The lowest BCUT2D eigenvalue weighted by Crippen LogP contribution is -2.46. The molecule has 0 spiro atoms. The average Bonchev–Trinajstić information content (AvgIpc) is 3.36. The zero-order valence-corrected chi connectivity index (χ0v) is 20.1. The Morgan fingerprint density at radius 1 is 1.21 bits per heavy atom. The molecule has 8 nitrogen and oxygen atoms in total. The van der Waals surface area contributed by atoms with E-state index in [0.29, 0.717) is 25.9 Å². The molecule has 0 aromatic carbocycles. The van der Waals surface area contributed by atoms with Gasteiger partial charge in [-0.2, -0.15) is 13.2 Å². The van der Waals surface area contributed by atoms with Gasteiger partial charge in [0.1, 0.15) is 11.9 Å². The van der Waals surface area contributed by atoms with Crippen LogP contribution in [-0.2, 0) is 10.9 Å². The van der Waals surface area contributed by atoms with Crippen molar-refractivity contribution in [2.45, 2.75) is 50.6 Å². The van der Waals surface area contributed by atoms with E-state index in [4.69, 9.17) is 4.74 Å². The first-order valence-corrected chi connectivity index (χ1v) is 12.1. The molecule has 2 atom stereocenters. The number of alkyl halides is 3. The molecule has 0 aliphatic carbocycles. The van der Waals surface area contributed by atoms with Crippen molar-refractivity contribution in [3.8, 4) is 0 Å². The molecule has 2 aliphatic rings. The SMILES string of the molecule is CNC(=O)c1csc2c(C(F)(F)F)cc(N3CCC(NC(=O)O[C@H]4CCN(C)[C@H]4C)CC3)nc12. The molecule has 2 saturated heterocycles. The summed E-state index contributed by atoms with van der Waals surface area (Å²) in [5.74, 6) is -0.305. The number of anilines is 1. The molecule has 2 N–H and O–H groups in total. The second-order valence-electron chi connectivity index (χ2n) is 8.79. The summed E-state index contributed by atoms with van der Waals surface area (Å²) >= 11 is 0.861. The Hall–Kier alpha value is -2.60. The number of rotatable bonds is 4. The fraction of sp³-hybridized carbons (Fsp3) is 0.591. The number of carbonyl (C=O) groups is 2. The lowest BCUT2D eigenvalue weighted by molar-refractivity contribution is -0.136. The van der Waals surface area contributed by atoms with Crippen LogP contribution in [0.15, 0.2) is 11.4 Å². The molecule has 0 saturated carbocycles. The van der Waals surface area contributed by atoms with Crippen LogP contribution in [0, 0.1) is 0 Å². The number of nitrogens with one attached hydrogen (secondary N) is 2. The van der Waals surface area contributed by atoms with E-state index in [2.05, 4.69) is 20.5 Å². The zero-order chi connectivity index (χ0) is 24.6. The number of hydrogen-bond donors (Lipinski definition) is 2. The van der Waals surface area contributed by atoms with Crippen molar-refractivity contribution < 1.29 is 27.5 Å². The molecule has 2 amide bonds. The summed E-state index contributed by atoms with van der Waals surface area (Å²) in [6.45, 7) is 3.73. The fourth-order valence-electron chi connectivity index (χ4n) is 4.47. The van der Waals surface area contributed by atoms with Crippen molar-refractivity contribution in [3.63, 3.8) is 0 Å². The maximum Gasteiger partial charge on any atom is 0.417 e. The number of alkyl carbamates (subject to hydrolysis) is 1. The summed E-state index contributed by atoms with van der Waals surface area (Å²) in [7, 11) is 3.42. The van der Waals surface area contributed by atoms with Crippen molar-refractivity contribution in [1.82, 2.24) is 20.5 Å². The summed E-state index contributed by atoms with van der Waals surface area (Å²) in [4.78, 5) is 32.8. The van der Waals surface area contributed by atoms with E-state index < -0.39 is 23.7 Å². The van der Waals surface area contributed by atoms with Gasteiger partial charge in [-0.1, -0.05) is 0 Å². The second-order valence-corrected chi connectivity index (χ2v) is 9.67. The molecule has 2 aromatic rings. The van der Waals surface area contributed by atoms with Crippen molar-refractivity contribution >= 4 is 39.4 Å². The molecular weight excluding hydrogens is 471 g/mol. The van der Waals surface area contributed by atoms with Crippen LogP contribution in [0.25, 0.3) is 10.2 Å². The predicted octanol–water partition coefficient (Wildman–Crippen LogP) is 3.46. The van der Waals surface area contributed by atoms with Gasteiger partial charge in [-0.15, -0.1) is 11.3 Å². The number of piperidine rings is 1. The number of nitrogens with zero attached hydrogens (tertiary/aromatic N) is 3. The van der Waals surface area contributed by atoms with Crippen LogP contribution < -0.4 is 15.5 Å². The van der Waals surface area contributed by atoms with Gasteiger partial charge >= 0.3 is 12.3 Å². The largest absolute Gasteiger partial charge is 0.445 e. The number of likely N-dealkylation sites (N-methyl/N-ethyl adjacent to an activating group) is 1. The van der Waals surface area contributed by atoms with Gasteiger partial charge < -0.3 is 20.3 Å². The number of halogens is 3. The highest BCUT2D eigenvalue weighted by Gasteiger charge is 2.36. The third-order valence-corrected chi connectivity index (χ3v) is 7.69. The van der Waals surface area contributed by atoms with Crippen LogP contribution in [0.1, 0.15) is 42.1 Å². The lowest BCUT2D eigenvalue weighted by atomic mass is 10.0. The molecule has 4 heterocycles. The van der Waals surface area contributed by atoms with Crippen molar-refractivity contribution in [3.05, 3.63) is 22.6 Å². The maximum atomic E-state index is 13.8. The summed E-state index contributed by atoms with van der Waals surface area (Å²) in [6, 6.07) is 1.08. The summed E-state index contributed by atoms with van der Waals surface area (Å²) < 4.78 is 46.8. The summed E-state index contributed by atoms with van der Waals surface area (Å²) in [5, 5.41) is 6.74. The topological polar surface area (TPSA) is 86.8 Å². The molecule has 2 aromatic heterocycles. The molecule has 2 aliphatic heterocycles. The average molecular weight is 500 g/mol. The first kappa shape index (κ1) is 24.5. The van der Waals surface area contributed by atoms with Crippen LogP contribution in [0.2, 0.25) is 0 Å². The second kappa shape index (κ2) is 9.57. The molecule has 186 valence electrons. The minimum atomic E-state index is -4.57. The maximum absolute atomic E-state index is 13.8. The molecule has 0 bridgehead atoms. The molecule has 4 rings (SSSR count). The van der Waals surface area contributed by atoms with Crippen LogP contribution in [-0.4, -0.2) is 73.8 Å². The van der Waals surface area contributed by atoms with Gasteiger partial charge in [0, 0.05) is 44.1 Å². The van der Waals surface area contributed by atoms with Crippen molar-refractivity contribution in [1.29, 1.82) is 0 Å². The van der Waals surface area contributed by atoms with Crippen LogP contribution in [0.4, 0.5) is 23.8 Å². The van der Waals surface area contributed by atoms with Crippen LogP contribution in [0.3, 0.4) is 0 Å². The van der Waals surface area contributed by atoms with E-state index >= 15 is 0 Å². The molecule has 2 fully saturated rings. The third-order valence-electron chi connectivity index (χ3n) is 6.69. The minimum Gasteiger partial charge on any atom is -0.445 e. The summed E-state index contributed by atoms with van der Waals surface area (Å²) in [6.07, 6.45) is -3.31. The normalized spacial score (nSPS) is 22.2. The Bertz CT molecular complexity index is 1070. The Morgan fingerprint density at radius 3 is 2.50 bits per heavy atom. The van der Waals surface area contributed by atoms with Crippen LogP contribution >= 0.6 is 11.3 Å². The highest BCUT2D eigenvalue weighted by atomic mass is 32.1. The van der Waals surface area contributed by atoms with E-state index in [-0.39, 0.29) is 39.8 Å². The predicted molar refractivity (Wildman–Crippen MR) is 123 cm³/mol. The first-order chi connectivity index (χ1) is 16.1. The zero-order valence-electron chi connectivity index (χ0n) is 19.2. The van der Waals surface area contributed by atoms with E-state index in [1.54, 1.807) is 4.90 Å². The highest BCUT2D eigenvalue weighted by molar-refractivity contribution is 7.17. The number of thiophene rings is 1. The lowest BCUT2D eigenvalue weighted by Gasteiger charge is -2.33. The van der Waals surface area contributed by atoms with E-state index in [1.165, 1.54) is 12.4 Å². The third kappa shape index (κ3) is 4.92. The number of pyridine rings is 1. The Balaban J connectivity index is 1.45. The van der Waals surface area contributed by atoms with E-state index in [0.717, 1.165) is 30.4 Å². The molecule has 34 heavy (non-hydrogen) atoms. The Labute approximate surface area is 199 Å². The number of hydrogen-bond acceptors (Lipinski definition) is 7. The standard InChI is InChI=1S/C22H28F3N5O3S/c1-12-16(6-7-29(12)3)33-21(32)27-13-4-8-30(9-5-13)17-10-15(22(23,24)25)19-18(28-17)14(11-34-19)20(31)26-2/h10-13,16H,4-9H2,1-3H3,(H,26,31)(H,27,32)/t12-,16-/m0/s1. The van der Waals surface area contributed by atoms with E-state index in [9.17, 15) is 22.8 Å². The number of carbonyl (C=O) groups excluding carboxylic acids is 2. The number of ether oxygens (including phenoxy) is 1. The molecule has 12 heteroatoms. The molecule has 0 radical (unpaired) electrons. The Kier molecular flexibility index (Phi) is 6.90. The van der Waals surface area contributed by atoms with Gasteiger partial charge in [0.25, 0.3) is 5.91 Å².